The summed E-state index contributed by atoms with van der Waals surface area (Å²) in [6, 6.07) is 16.3. The molecule has 0 aliphatic carbocycles. The fourth-order valence-electron chi connectivity index (χ4n) is 3.33. The molecule has 30 heavy (non-hydrogen) atoms. The number of hydrogen-bond acceptors (Lipinski definition) is 6. The molecule has 0 atom stereocenters. The van der Waals surface area contributed by atoms with Gasteiger partial charge in [-0.2, -0.15) is 10.2 Å². The Bertz CT molecular complexity index is 1280. The molecule has 0 amide bonds. The van der Waals surface area contributed by atoms with Crippen LogP contribution in [0.5, 0.6) is 17.2 Å². The van der Waals surface area contributed by atoms with Crippen molar-refractivity contribution in [2.45, 2.75) is 0 Å². The lowest BCUT2D eigenvalue weighted by molar-refractivity contribution is 0.171. The van der Waals surface area contributed by atoms with Crippen LogP contribution >= 0.6 is 0 Å². The molecule has 5 rings (SSSR count). The molecule has 0 N–H and O–H groups in total. The van der Waals surface area contributed by atoms with Crippen LogP contribution in [-0.2, 0) is 0 Å². The first-order valence-electron chi connectivity index (χ1n) is 9.42. The predicted octanol–water partition coefficient (Wildman–Crippen LogP) is 2.87. The van der Waals surface area contributed by atoms with Crippen molar-refractivity contribution in [3.05, 3.63) is 77.2 Å². The maximum Gasteiger partial charge on any atom is 0.209 e. The van der Waals surface area contributed by atoms with Crippen LogP contribution < -0.4 is 19.6 Å². The highest BCUT2D eigenvalue weighted by molar-refractivity contribution is 5.59. The second kappa shape index (κ2) is 7.40. The highest BCUT2D eigenvalue weighted by atomic mass is 16.6. The van der Waals surface area contributed by atoms with E-state index in [2.05, 4.69) is 10.2 Å². The molecular weight excluding hydrogens is 384 g/mol. The van der Waals surface area contributed by atoms with Crippen LogP contribution in [-0.4, -0.2) is 39.9 Å². The molecule has 1 aliphatic heterocycles. The van der Waals surface area contributed by atoms with Gasteiger partial charge in [-0.25, -0.2) is 9.36 Å². The Kier molecular flexibility index (Phi) is 4.44. The van der Waals surface area contributed by atoms with E-state index in [0.717, 1.165) is 11.4 Å². The zero-order valence-corrected chi connectivity index (χ0v) is 16.2. The Hall–Kier alpha value is -4.07. The van der Waals surface area contributed by atoms with E-state index >= 15 is 0 Å². The molecule has 8 heteroatoms. The summed E-state index contributed by atoms with van der Waals surface area (Å²) < 4.78 is 19.8. The van der Waals surface area contributed by atoms with Gasteiger partial charge in [0.15, 0.2) is 17.2 Å². The lowest BCUT2D eigenvalue weighted by atomic mass is 10.2. The van der Waals surface area contributed by atoms with E-state index in [1.165, 1.54) is 6.07 Å². The van der Waals surface area contributed by atoms with Crippen molar-refractivity contribution in [3.8, 4) is 40.0 Å². The standard InChI is InChI=1S/C22H18N4O4/c1-28-17-4-2-3-15(13-17)25-10-8-19(27)22(24-25)18-7-9-23-26(18)16-5-6-20-21(14-16)30-12-11-29-20/h2-10,13-14H,11-12H2,1H3. The highest BCUT2D eigenvalue weighted by Crippen LogP contribution is 2.32. The summed E-state index contributed by atoms with van der Waals surface area (Å²) in [5, 5.41) is 8.96. The van der Waals surface area contributed by atoms with Crippen LogP contribution in [0.15, 0.2) is 71.8 Å². The van der Waals surface area contributed by atoms with Gasteiger partial charge in [0.25, 0.3) is 0 Å². The average molecular weight is 402 g/mol. The number of rotatable bonds is 4. The molecule has 0 unspecified atom stereocenters. The Morgan fingerprint density at radius 3 is 2.70 bits per heavy atom. The lowest BCUT2D eigenvalue weighted by Gasteiger charge is -2.19. The van der Waals surface area contributed by atoms with E-state index in [4.69, 9.17) is 14.2 Å². The average Bonchev–Trinajstić information content (AvgIpc) is 3.29. The molecule has 2 aromatic heterocycles. The molecule has 1 aliphatic rings. The molecule has 3 heterocycles. The molecule has 0 spiro atoms. The summed E-state index contributed by atoms with van der Waals surface area (Å²) in [6.07, 6.45) is 3.27. The normalized spacial score (nSPS) is 12.6. The van der Waals surface area contributed by atoms with Crippen LogP contribution in [0.2, 0.25) is 0 Å². The number of benzene rings is 2. The highest BCUT2D eigenvalue weighted by Gasteiger charge is 2.17. The van der Waals surface area contributed by atoms with Crippen molar-refractivity contribution >= 4 is 0 Å². The monoisotopic (exact) mass is 402 g/mol. The van der Waals surface area contributed by atoms with Crippen molar-refractivity contribution in [2.75, 3.05) is 20.3 Å². The smallest absolute Gasteiger partial charge is 0.209 e. The number of fused-ring (bicyclic) bond motifs is 1. The van der Waals surface area contributed by atoms with Crippen LogP contribution in [0.25, 0.3) is 22.8 Å². The molecule has 0 saturated carbocycles. The molecule has 8 nitrogen and oxygen atoms in total. The molecular formula is C22H18N4O4. The summed E-state index contributed by atoms with van der Waals surface area (Å²) >= 11 is 0. The number of hydrogen-bond donors (Lipinski definition) is 0. The van der Waals surface area contributed by atoms with Crippen molar-refractivity contribution in [1.29, 1.82) is 0 Å². The molecule has 0 saturated heterocycles. The fraction of sp³-hybridized carbons (Fsp3) is 0.136. The van der Waals surface area contributed by atoms with Gasteiger partial charge in [0.1, 0.15) is 19.0 Å². The van der Waals surface area contributed by atoms with E-state index < -0.39 is 0 Å². The van der Waals surface area contributed by atoms with Crippen LogP contribution in [0.3, 0.4) is 0 Å². The first kappa shape index (κ1) is 18.0. The van der Waals surface area contributed by atoms with Gasteiger partial charge < -0.3 is 14.2 Å². The van der Waals surface area contributed by atoms with Crippen molar-refractivity contribution in [2.24, 2.45) is 0 Å². The minimum atomic E-state index is -0.201. The SMILES string of the molecule is COc1cccc(-n2ccc(=O)c(-c3ccnn3-c3ccc4c(c3)OCCO4)n2)c1. The predicted molar refractivity (Wildman–Crippen MR) is 110 cm³/mol. The van der Waals surface area contributed by atoms with Gasteiger partial charge in [-0.1, -0.05) is 6.07 Å². The number of ether oxygens (including phenoxy) is 3. The molecule has 2 aromatic carbocycles. The van der Waals surface area contributed by atoms with Crippen LogP contribution in [0.4, 0.5) is 0 Å². The number of nitrogens with zero attached hydrogens (tertiary/aromatic N) is 4. The summed E-state index contributed by atoms with van der Waals surface area (Å²) in [5.74, 6) is 2.04. The topological polar surface area (TPSA) is 80.4 Å². The number of aromatic nitrogens is 4. The fourth-order valence-corrected chi connectivity index (χ4v) is 3.33. The Labute approximate surface area is 171 Å². The van der Waals surface area contributed by atoms with Gasteiger partial charge in [0.05, 0.1) is 30.4 Å². The minimum Gasteiger partial charge on any atom is -0.497 e. The lowest BCUT2D eigenvalue weighted by Crippen LogP contribution is -2.16. The molecule has 4 aromatic rings. The summed E-state index contributed by atoms with van der Waals surface area (Å²) in [6.45, 7) is 1.02. The third-order valence-corrected chi connectivity index (χ3v) is 4.78. The van der Waals surface area contributed by atoms with Crippen LogP contribution in [0.1, 0.15) is 0 Å². The molecule has 0 radical (unpaired) electrons. The Morgan fingerprint density at radius 1 is 0.967 bits per heavy atom. The summed E-state index contributed by atoms with van der Waals surface area (Å²) in [7, 11) is 1.61. The van der Waals surface area contributed by atoms with E-state index in [1.54, 1.807) is 34.9 Å². The number of methoxy groups -OCH3 is 1. The molecule has 0 fully saturated rings. The van der Waals surface area contributed by atoms with Gasteiger partial charge in [0.2, 0.25) is 5.43 Å². The van der Waals surface area contributed by atoms with Gasteiger partial charge in [-0.15, -0.1) is 0 Å². The first-order chi connectivity index (χ1) is 14.7. The van der Waals surface area contributed by atoms with Gasteiger partial charge in [0, 0.05) is 24.4 Å². The van der Waals surface area contributed by atoms with Gasteiger partial charge >= 0.3 is 0 Å². The third-order valence-electron chi connectivity index (χ3n) is 4.78. The second-order valence-corrected chi connectivity index (χ2v) is 6.63. The second-order valence-electron chi connectivity index (χ2n) is 6.63. The van der Waals surface area contributed by atoms with E-state index in [0.29, 0.717) is 36.2 Å². The Balaban J connectivity index is 1.59. The van der Waals surface area contributed by atoms with E-state index in [1.807, 2.05) is 42.5 Å². The zero-order chi connectivity index (χ0) is 20.5. The van der Waals surface area contributed by atoms with Gasteiger partial charge in [-0.3, -0.25) is 4.79 Å². The summed E-state index contributed by atoms with van der Waals surface area (Å²) in [5.41, 5.74) is 2.19. The molecule has 150 valence electrons. The minimum absolute atomic E-state index is 0.201. The van der Waals surface area contributed by atoms with Gasteiger partial charge in [-0.05, 0) is 30.3 Å². The van der Waals surface area contributed by atoms with Crippen molar-refractivity contribution < 1.29 is 14.2 Å². The Morgan fingerprint density at radius 2 is 1.83 bits per heavy atom. The quantitative estimate of drug-likeness (QED) is 0.522. The maximum absolute atomic E-state index is 12.7. The van der Waals surface area contributed by atoms with E-state index in [9.17, 15) is 4.79 Å². The van der Waals surface area contributed by atoms with E-state index in [-0.39, 0.29) is 11.1 Å². The largest absolute Gasteiger partial charge is 0.497 e. The summed E-state index contributed by atoms with van der Waals surface area (Å²) in [4.78, 5) is 12.7. The molecule has 0 bridgehead atoms. The first-order valence-corrected chi connectivity index (χ1v) is 9.42. The third kappa shape index (κ3) is 3.18. The van der Waals surface area contributed by atoms with Crippen LogP contribution in [0, 0.1) is 0 Å². The van der Waals surface area contributed by atoms with Crippen molar-refractivity contribution in [1.82, 2.24) is 19.6 Å². The zero-order valence-electron chi connectivity index (χ0n) is 16.2. The maximum atomic E-state index is 12.7. The van der Waals surface area contributed by atoms with Crippen molar-refractivity contribution in [3.63, 3.8) is 0 Å².